The molecule has 146 valence electrons. The monoisotopic (exact) mass is 399 g/mol. The molecule has 4 rings (SSSR count). The SMILES string of the molecule is Cc1ccc(-n2c(-c3ccccc3F)nn(C[NH+]3CCC[C@H](O)C3)c2=S)cc1. The molecule has 0 spiro atoms. The van der Waals surface area contributed by atoms with E-state index in [4.69, 9.17) is 17.3 Å². The van der Waals surface area contributed by atoms with E-state index < -0.39 is 0 Å². The standard InChI is InChI=1S/C21H23FN4OS/c1-15-8-10-16(11-9-15)26-20(18-6-2-3-7-19(18)22)23-25(21(26)28)14-24-12-4-5-17(27)13-24/h2-3,6-11,17,27H,4-5,12-14H2,1H3/p+1/t17-/m0/s1. The second-order valence-corrected chi connectivity index (χ2v) is 7.78. The largest absolute Gasteiger partial charge is 0.387 e. The Morgan fingerprint density at radius 1 is 1.21 bits per heavy atom. The first-order valence-corrected chi connectivity index (χ1v) is 9.97. The first-order chi connectivity index (χ1) is 13.5. The fourth-order valence-corrected chi connectivity index (χ4v) is 4.03. The Labute approximate surface area is 168 Å². The Morgan fingerprint density at radius 3 is 2.68 bits per heavy atom. The van der Waals surface area contributed by atoms with Gasteiger partial charge in [-0.05, 0) is 56.2 Å². The molecule has 1 unspecified atom stereocenters. The van der Waals surface area contributed by atoms with Crippen molar-refractivity contribution in [3.8, 4) is 17.1 Å². The summed E-state index contributed by atoms with van der Waals surface area (Å²) in [7, 11) is 0. The zero-order valence-electron chi connectivity index (χ0n) is 15.8. The molecular formula is C21H24FN4OS+. The van der Waals surface area contributed by atoms with Crippen molar-refractivity contribution in [3.05, 3.63) is 64.7 Å². The Balaban J connectivity index is 1.81. The third kappa shape index (κ3) is 3.78. The smallest absolute Gasteiger partial charge is 0.207 e. The first-order valence-electron chi connectivity index (χ1n) is 9.56. The van der Waals surface area contributed by atoms with Crippen molar-refractivity contribution in [1.29, 1.82) is 0 Å². The van der Waals surface area contributed by atoms with E-state index in [1.54, 1.807) is 22.9 Å². The van der Waals surface area contributed by atoms with Crippen LogP contribution in [0.3, 0.4) is 0 Å². The molecule has 1 aromatic heterocycles. The lowest BCUT2D eigenvalue weighted by Gasteiger charge is -2.26. The van der Waals surface area contributed by atoms with Gasteiger partial charge in [0.05, 0.1) is 12.1 Å². The van der Waals surface area contributed by atoms with Gasteiger partial charge in [0.25, 0.3) is 0 Å². The number of aliphatic hydroxyl groups is 1. The van der Waals surface area contributed by atoms with Crippen molar-refractivity contribution in [2.24, 2.45) is 0 Å². The summed E-state index contributed by atoms with van der Waals surface area (Å²) in [5.41, 5.74) is 2.41. The summed E-state index contributed by atoms with van der Waals surface area (Å²) in [4.78, 5) is 1.23. The summed E-state index contributed by atoms with van der Waals surface area (Å²) in [6.45, 7) is 4.21. The molecule has 28 heavy (non-hydrogen) atoms. The average Bonchev–Trinajstić information content (AvgIpc) is 2.99. The number of piperidine rings is 1. The number of nitrogens with one attached hydrogen (secondary N) is 1. The number of hydrogen-bond donors (Lipinski definition) is 2. The van der Waals surface area contributed by atoms with Crippen LogP contribution >= 0.6 is 12.2 Å². The number of halogens is 1. The fraction of sp³-hybridized carbons (Fsp3) is 0.333. The summed E-state index contributed by atoms with van der Waals surface area (Å²) >= 11 is 5.73. The molecule has 1 aliphatic rings. The Hall–Kier alpha value is -2.35. The lowest BCUT2D eigenvalue weighted by Crippen LogP contribution is -3.13. The molecule has 2 heterocycles. The summed E-state index contributed by atoms with van der Waals surface area (Å²) in [6, 6.07) is 14.6. The Bertz CT molecular complexity index is 1030. The van der Waals surface area contributed by atoms with E-state index in [1.165, 1.54) is 11.0 Å². The van der Waals surface area contributed by atoms with Crippen LogP contribution < -0.4 is 4.90 Å². The van der Waals surface area contributed by atoms with Gasteiger partial charge in [-0.25, -0.2) is 4.39 Å². The number of benzene rings is 2. The molecule has 7 heteroatoms. The molecule has 2 aromatic carbocycles. The van der Waals surface area contributed by atoms with E-state index in [1.807, 2.05) is 35.8 Å². The van der Waals surface area contributed by atoms with Crippen molar-refractivity contribution in [1.82, 2.24) is 14.3 Å². The van der Waals surface area contributed by atoms with Crippen LogP contribution in [0.4, 0.5) is 4.39 Å². The van der Waals surface area contributed by atoms with Crippen molar-refractivity contribution >= 4 is 12.2 Å². The second kappa shape index (κ2) is 7.95. The lowest BCUT2D eigenvalue weighted by molar-refractivity contribution is -0.931. The van der Waals surface area contributed by atoms with Crippen LogP contribution in [-0.4, -0.2) is 38.6 Å². The van der Waals surface area contributed by atoms with Gasteiger partial charge in [0, 0.05) is 5.69 Å². The summed E-state index contributed by atoms with van der Waals surface area (Å²) in [5, 5.41) is 14.7. The van der Waals surface area contributed by atoms with Gasteiger partial charge in [-0.1, -0.05) is 29.8 Å². The number of aliphatic hydroxyl groups excluding tert-OH is 1. The number of hydrogen-bond acceptors (Lipinski definition) is 3. The molecule has 0 saturated carbocycles. The van der Waals surface area contributed by atoms with Crippen LogP contribution in [0.25, 0.3) is 17.1 Å². The van der Waals surface area contributed by atoms with Crippen molar-refractivity contribution in [2.45, 2.75) is 32.5 Å². The second-order valence-electron chi connectivity index (χ2n) is 7.41. The van der Waals surface area contributed by atoms with Gasteiger partial charge in [0.1, 0.15) is 18.5 Å². The molecule has 1 fully saturated rings. The average molecular weight is 400 g/mol. The van der Waals surface area contributed by atoms with Gasteiger partial charge in [-0.2, -0.15) is 4.68 Å². The van der Waals surface area contributed by atoms with Crippen LogP contribution in [0.1, 0.15) is 18.4 Å². The molecule has 1 aliphatic heterocycles. The van der Waals surface area contributed by atoms with Gasteiger partial charge in [0.2, 0.25) is 4.77 Å². The highest BCUT2D eigenvalue weighted by Gasteiger charge is 2.24. The zero-order chi connectivity index (χ0) is 19.7. The zero-order valence-corrected chi connectivity index (χ0v) is 16.6. The minimum Gasteiger partial charge on any atom is -0.387 e. The Kier molecular flexibility index (Phi) is 5.39. The van der Waals surface area contributed by atoms with Gasteiger partial charge < -0.3 is 10.0 Å². The molecule has 0 radical (unpaired) electrons. The molecular weight excluding hydrogens is 375 g/mol. The van der Waals surface area contributed by atoms with E-state index in [2.05, 4.69) is 0 Å². The van der Waals surface area contributed by atoms with Crippen LogP contribution in [0.2, 0.25) is 0 Å². The highest BCUT2D eigenvalue weighted by Crippen LogP contribution is 2.25. The van der Waals surface area contributed by atoms with E-state index in [0.717, 1.165) is 30.6 Å². The van der Waals surface area contributed by atoms with Crippen LogP contribution in [0.15, 0.2) is 48.5 Å². The van der Waals surface area contributed by atoms with Gasteiger partial charge >= 0.3 is 0 Å². The molecule has 2 N–H and O–H groups in total. The fourth-order valence-electron chi connectivity index (χ4n) is 3.73. The summed E-state index contributed by atoms with van der Waals surface area (Å²) < 4.78 is 18.7. The quantitative estimate of drug-likeness (QED) is 0.663. The molecule has 0 amide bonds. The van der Waals surface area contributed by atoms with Gasteiger partial charge in [0.15, 0.2) is 12.5 Å². The third-order valence-corrected chi connectivity index (χ3v) is 5.60. The van der Waals surface area contributed by atoms with E-state index in [-0.39, 0.29) is 11.9 Å². The maximum Gasteiger partial charge on any atom is 0.207 e. The highest BCUT2D eigenvalue weighted by atomic mass is 32.1. The van der Waals surface area contributed by atoms with Crippen molar-refractivity contribution in [3.63, 3.8) is 0 Å². The number of aryl methyl sites for hydroxylation is 1. The van der Waals surface area contributed by atoms with Crippen molar-refractivity contribution < 1.29 is 14.4 Å². The maximum atomic E-state index is 14.6. The van der Waals surface area contributed by atoms with Crippen LogP contribution in [-0.2, 0) is 6.67 Å². The number of nitrogens with zero attached hydrogens (tertiary/aromatic N) is 3. The number of likely N-dealkylation sites (tertiary alicyclic amines) is 1. The van der Waals surface area contributed by atoms with E-state index in [0.29, 0.717) is 29.4 Å². The van der Waals surface area contributed by atoms with E-state index in [9.17, 15) is 9.50 Å². The molecule has 2 atom stereocenters. The lowest BCUT2D eigenvalue weighted by atomic mass is 10.1. The predicted molar refractivity (Wildman–Crippen MR) is 108 cm³/mol. The van der Waals surface area contributed by atoms with Crippen molar-refractivity contribution in [2.75, 3.05) is 13.1 Å². The summed E-state index contributed by atoms with van der Waals surface area (Å²) in [6.07, 6.45) is 1.53. The topological polar surface area (TPSA) is 47.4 Å². The van der Waals surface area contributed by atoms with Gasteiger partial charge in [-0.3, -0.25) is 4.57 Å². The minimum atomic E-state index is -0.330. The predicted octanol–water partition coefficient (Wildman–Crippen LogP) is 2.51. The van der Waals surface area contributed by atoms with Crippen LogP contribution in [0.5, 0.6) is 0 Å². The van der Waals surface area contributed by atoms with Crippen LogP contribution in [0, 0.1) is 17.5 Å². The molecule has 3 aromatic rings. The molecule has 0 aliphatic carbocycles. The number of rotatable bonds is 4. The first kappa shape index (κ1) is 19.0. The maximum absolute atomic E-state index is 14.6. The molecule has 5 nitrogen and oxygen atoms in total. The van der Waals surface area contributed by atoms with E-state index >= 15 is 0 Å². The number of aromatic nitrogens is 3. The third-order valence-electron chi connectivity index (χ3n) is 5.21. The van der Waals surface area contributed by atoms with Gasteiger partial charge in [-0.15, -0.1) is 5.10 Å². The minimum absolute atomic E-state index is 0.289. The highest BCUT2D eigenvalue weighted by molar-refractivity contribution is 7.71. The normalized spacial score (nSPS) is 19.7. The number of quaternary nitrogens is 1. The Morgan fingerprint density at radius 2 is 1.96 bits per heavy atom. The molecule has 0 bridgehead atoms. The summed E-state index contributed by atoms with van der Waals surface area (Å²) in [5.74, 6) is 0.160. The molecule has 1 saturated heterocycles.